The SMILES string of the molecule is CCCCCCC1(CCCCCC)c2cc(C)ccc2-c2ccc(-c3cc(/C=C/c4cccs4)c(-c4ccc5c(c4)C(CCCCCC)(CCCCCC)c4cc(-c6ccc(-c7ccccc7)c7nsnc67)ccc4-5)cc3/C=C/c3cccs3)cc21. The van der Waals surface area contributed by atoms with Crippen molar-refractivity contribution in [3.05, 3.63) is 211 Å². The van der Waals surface area contributed by atoms with Gasteiger partial charge < -0.3 is 0 Å². The molecule has 5 heteroatoms. The molecule has 10 aromatic rings. The Hall–Kier alpha value is -6.76. The molecule has 0 spiro atoms. The Balaban J connectivity index is 1.03. The van der Waals surface area contributed by atoms with Crippen LogP contribution in [0.2, 0.25) is 0 Å². The van der Waals surface area contributed by atoms with Crippen LogP contribution in [0.15, 0.2) is 162 Å². The molecule has 0 unspecified atom stereocenters. The maximum absolute atomic E-state index is 5.02. The fourth-order valence-corrected chi connectivity index (χ4v) is 16.6. The number of nitrogens with zero attached hydrogens (tertiary/aromatic N) is 2. The first-order chi connectivity index (χ1) is 42.4. The van der Waals surface area contributed by atoms with Gasteiger partial charge in [-0.1, -0.05) is 257 Å². The van der Waals surface area contributed by atoms with Gasteiger partial charge in [0.25, 0.3) is 0 Å². The largest absolute Gasteiger partial charge is 0.172 e. The van der Waals surface area contributed by atoms with Crippen LogP contribution in [0, 0.1) is 6.92 Å². The lowest BCUT2D eigenvalue weighted by molar-refractivity contribution is 0.401. The van der Waals surface area contributed by atoms with E-state index in [2.05, 4.69) is 221 Å². The van der Waals surface area contributed by atoms with Gasteiger partial charge in [0.15, 0.2) is 0 Å². The third kappa shape index (κ3) is 12.1. The molecule has 2 aliphatic rings. The van der Waals surface area contributed by atoms with Crippen molar-refractivity contribution in [3.8, 4) is 66.8 Å². The highest BCUT2D eigenvalue weighted by Gasteiger charge is 2.44. The van der Waals surface area contributed by atoms with Crippen molar-refractivity contribution in [2.45, 2.75) is 174 Å². The molecule has 0 saturated carbocycles. The summed E-state index contributed by atoms with van der Waals surface area (Å²) < 4.78 is 9.96. The van der Waals surface area contributed by atoms with Gasteiger partial charge in [0.2, 0.25) is 0 Å². The lowest BCUT2D eigenvalue weighted by atomic mass is 9.69. The predicted octanol–water partition coefficient (Wildman–Crippen LogP) is 25.5. The third-order valence-corrected chi connectivity index (χ3v) is 21.5. The highest BCUT2D eigenvalue weighted by atomic mass is 32.1. The number of hydrogen-bond donors (Lipinski definition) is 0. The highest BCUT2D eigenvalue weighted by molar-refractivity contribution is 7.11. The lowest BCUT2D eigenvalue weighted by Gasteiger charge is -2.33. The molecule has 0 aliphatic heterocycles. The van der Waals surface area contributed by atoms with Gasteiger partial charge >= 0.3 is 0 Å². The summed E-state index contributed by atoms with van der Waals surface area (Å²) in [6, 6.07) is 59.2. The molecule has 3 heterocycles. The molecule has 7 aromatic carbocycles. The zero-order chi connectivity index (χ0) is 58.9. The normalized spacial score (nSPS) is 13.7. The first-order valence-electron chi connectivity index (χ1n) is 32.8. The summed E-state index contributed by atoms with van der Waals surface area (Å²) in [7, 11) is 0. The third-order valence-electron chi connectivity index (χ3n) is 19.3. The molecule has 2 aliphatic carbocycles. The first kappa shape index (κ1) is 59.6. The van der Waals surface area contributed by atoms with E-state index in [1.807, 2.05) is 22.7 Å². The zero-order valence-corrected chi connectivity index (χ0v) is 54.1. The van der Waals surface area contributed by atoms with Crippen molar-refractivity contribution in [3.63, 3.8) is 0 Å². The molecule has 12 rings (SSSR count). The molecule has 0 fully saturated rings. The average molecular weight is 1180 g/mol. The molecule has 86 heavy (non-hydrogen) atoms. The van der Waals surface area contributed by atoms with E-state index in [0.717, 1.165) is 35.0 Å². The predicted molar refractivity (Wildman–Crippen MR) is 378 cm³/mol. The molecule has 0 bridgehead atoms. The topological polar surface area (TPSA) is 25.8 Å². The zero-order valence-electron chi connectivity index (χ0n) is 51.7. The second-order valence-electron chi connectivity index (χ2n) is 24.9. The minimum absolute atomic E-state index is 0.0113. The van der Waals surface area contributed by atoms with Crippen LogP contribution in [-0.4, -0.2) is 8.75 Å². The van der Waals surface area contributed by atoms with Gasteiger partial charge in [-0.2, -0.15) is 8.75 Å². The summed E-state index contributed by atoms with van der Waals surface area (Å²) in [6.45, 7) is 11.7. The van der Waals surface area contributed by atoms with Gasteiger partial charge in [-0.3, -0.25) is 0 Å². The number of thiophene rings is 2. The summed E-state index contributed by atoms with van der Waals surface area (Å²) in [5.41, 5.74) is 27.4. The van der Waals surface area contributed by atoms with Crippen molar-refractivity contribution in [1.29, 1.82) is 0 Å². The minimum Gasteiger partial charge on any atom is -0.172 e. The lowest BCUT2D eigenvalue weighted by Crippen LogP contribution is -2.25. The van der Waals surface area contributed by atoms with E-state index in [-0.39, 0.29) is 10.8 Å². The van der Waals surface area contributed by atoms with Crippen LogP contribution in [0.4, 0.5) is 0 Å². The van der Waals surface area contributed by atoms with Crippen LogP contribution in [0.25, 0.3) is 102 Å². The molecule has 0 N–H and O–H groups in total. The van der Waals surface area contributed by atoms with Crippen molar-refractivity contribution >= 4 is 69.7 Å². The fourth-order valence-electron chi connectivity index (χ4n) is 14.8. The van der Waals surface area contributed by atoms with E-state index in [9.17, 15) is 0 Å². The average Bonchev–Trinajstić information content (AvgIpc) is 1.87. The van der Waals surface area contributed by atoms with Crippen LogP contribution in [0.3, 0.4) is 0 Å². The van der Waals surface area contributed by atoms with E-state index in [1.54, 1.807) is 11.1 Å². The molecular weight excluding hydrogens is 1100 g/mol. The molecule has 0 amide bonds. The Kier molecular flexibility index (Phi) is 19.1. The minimum atomic E-state index is -0.142. The van der Waals surface area contributed by atoms with Gasteiger partial charge in [0, 0.05) is 31.7 Å². The monoisotopic (exact) mass is 1180 g/mol. The Morgan fingerprint density at radius 3 is 1.13 bits per heavy atom. The van der Waals surface area contributed by atoms with Gasteiger partial charge in [0.05, 0.1) is 11.7 Å². The maximum atomic E-state index is 5.02. The van der Waals surface area contributed by atoms with Gasteiger partial charge in [-0.25, -0.2) is 0 Å². The number of hydrogen-bond acceptors (Lipinski definition) is 5. The Morgan fingerprint density at radius 2 is 0.721 bits per heavy atom. The molecule has 0 radical (unpaired) electrons. The summed E-state index contributed by atoms with van der Waals surface area (Å²) in [6.07, 6.45) is 34.2. The van der Waals surface area contributed by atoms with Crippen LogP contribution in [0.5, 0.6) is 0 Å². The van der Waals surface area contributed by atoms with E-state index < -0.39 is 0 Å². The van der Waals surface area contributed by atoms with Crippen molar-refractivity contribution in [2.75, 3.05) is 0 Å². The smallest absolute Gasteiger partial charge is 0.113 e. The fraction of sp³-hybridized carbons (Fsp3) is 0.333. The molecule has 0 atom stereocenters. The van der Waals surface area contributed by atoms with E-state index in [0.29, 0.717) is 0 Å². The summed E-state index contributed by atoms with van der Waals surface area (Å²) in [5.74, 6) is 0. The number of benzene rings is 7. The molecule has 0 saturated heterocycles. The number of aromatic nitrogens is 2. The molecule has 438 valence electrons. The maximum Gasteiger partial charge on any atom is 0.113 e. The van der Waals surface area contributed by atoms with Crippen molar-refractivity contribution in [1.82, 2.24) is 8.75 Å². The van der Waals surface area contributed by atoms with Crippen LogP contribution >= 0.6 is 34.4 Å². The second kappa shape index (κ2) is 27.5. The van der Waals surface area contributed by atoms with Crippen molar-refractivity contribution < 1.29 is 0 Å². The van der Waals surface area contributed by atoms with Crippen LogP contribution in [-0.2, 0) is 10.8 Å². The second-order valence-corrected chi connectivity index (χ2v) is 27.4. The molecular formula is C81H86N2S3. The number of rotatable bonds is 28. The quantitative estimate of drug-likeness (QED) is 0.0457. The molecule has 3 aromatic heterocycles. The van der Waals surface area contributed by atoms with Crippen molar-refractivity contribution in [2.24, 2.45) is 0 Å². The number of unbranched alkanes of at least 4 members (excludes halogenated alkanes) is 12. The van der Waals surface area contributed by atoms with E-state index >= 15 is 0 Å². The van der Waals surface area contributed by atoms with E-state index in [1.165, 1.54) is 221 Å². The number of aryl methyl sites for hydroxylation is 1. The van der Waals surface area contributed by atoms with Gasteiger partial charge in [-0.15, -0.1) is 22.7 Å². The number of fused-ring (bicyclic) bond motifs is 7. The van der Waals surface area contributed by atoms with Gasteiger partial charge in [0.1, 0.15) is 11.0 Å². The van der Waals surface area contributed by atoms with Gasteiger partial charge in [-0.05, 0) is 187 Å². The Morgan fingerprint density at radius 1 is 0.337 bits per heavy atom. The summed E-state index contributed by atoms with van der Waals surface area (Å²) in [4.78, 5) is 2.53. The molecule has 2 nitrogen and oxygen atoms in total. The first-order valence-corrected chi connectivity index (χ1v) is 35.3. The van der Waals surface area contributed by atoms with Crippen LogP contribution < -0.4 is 0 Å². The summed E-state index contributed by atoms with van der Waals surface area (Å²) in [5, 5.41) is 4.40. The highest BCUT2D eigenvalue weighted by Crippen LogP contribution is 2.58. The van der Waals surface area contributed by atoms with E-state index in [4.69, 9.17) is 8.75 Å². The standard InChI is InChI=1S/C81H86N2S3/c1-6-10-14-21-45-80(46-22-15-11-7-2)74-51-57(5)31-39-68(74)69-41-35-62(55-76(69)80)72-52-60(33-38-65-30-26-50-85-65)73(53-59(72)32-37-64-29-25-49-84-64)63-36-42-71-70-40-34-61(67-44-43-66(58-27-19-18-20-28-58)78-79(67)83-86-82-78)54-75(70)81(77(71)56-63,47-23-16-12-8-3)48-24-17-13-9-4/h18-20,25-44,49-56H,6-17,21-24,45-48H2,1-5H3/b37-32+,38-33+. The Bertz CT molecular complexity index is 3940. The summed E-state index contributed by atoms with van der Waals surface area (Å²) >= 11 is 4.94. The van der Waals surface area contributed by atoms with Crippen LogP contribution in [0.1, 0.15) is 205 Å². The Labute approximate surface area is 526 Å².